The molecule has 4 bridgehead atoms. The molecule has 3 aromatic carbocycles. The van der Waals surface area contributed by atoms with Crippen LogP contribution >= 0.6 is 0 Å². The quantitative estimate of drug-likeness (QED) is 0.217. The third kappa shape index (κ3) is 4.00. The number of hydrogen-bond donors (Lipinski definition) is 0. The van der Waals surface area contributed by atoms with E-state index in [2.05, 4.69) is 97.1 Å². The van der Waals surface area contributed by atoms with Crippen LogP contribution in [0.25, 0.3) is 0 Å². The van der Waals surface area contributed by atoms with Crippen LogP contribution in [-0.4, -0.2) is 12.1 Å². The molecule has 0 aromatic heterocycles. The minimum absolute atomic E-state index is 0.0146. The van der Waals surface area contributed by atoms with E-state index in [1.165, 1.54) is 14.7 Å². The van der Waals surface area contributed by atoms with E-state index in [1.807, 2.05) is 6.08 Å². The predicted octanol–water partition coefficient (Wildman–Crippen LogP) is 6.55. The van der Waals surface area contributed by atoms with E-state index in [4.69, 9.17) is 0 Å². The lowest BCUT2D eigenvalue weighted by Gasteiger charge is -2.46. The first-order valence-corrected chi connectivity index (χ1v) is 14.4. The number of carboxylic acid groups (broad SMARTS) is 1. The van der Waals surface area contributed by atoms with Gasteiger partial charge in [-0.25, -0.2) is 0 Å². The zero-order valence-electron chi connectivity index (χ0n) is 20.8. The van der Waals surface area contributed by atoms with Crippen LogP contribution in [0.3, 0.4) is 0 Å². The number of halogens is 3. The summed E-state index contributed by atoms with van der Waals surface area (Å²) < 4.78 is 40.2. The van der Waals surface area contributed by atoms with Gasteiger partial charge in [-0.3, -0.25) is 0 Å². The molecule has 4 aliphatic rings. The largest absolute Gasteiger partial charge is 0.549 e. The Kier molecular flexibility index (Phi) is 6.42. The van der Waals surface area contributed by atoms with Gasteiger partial charge in [0.1, 0.15) is 5.41 Å². The number of alkyl halides is 3. The summed E-state index contributed by atoms with van der Waals surface area (Å²) in [7, 11) is -0.0146. The van der Waals surface area contributed by atoms with Gasteiger partial charge in [0.15, 0.2) is 14.7 Å². The van der Waals surface area contributed by atoms with Crippen molar-refractivity contribution in [3.63, 3.8) is 0 Å². The van der Waals surface area contributed by atoms with Crippen molar-refractivity contribution in [1.29, 1.82) is 0 Å². The highest BCUT2D eigenvalue weighted by atomic mass is 32.2. The first-order chi connectivity index (χ1) is 18.3. The fourth-order valence-corrected chi connectivity index (χ4v) is 9.94. The summed E-state index contributed by atoms with van der Waals surface area (Å²) >= 11 is 0. The van der Waals surface area contributed by atoms with Crippen LogP contribution in [0, 0.1) is 40.9 Å². The second-order valence-electron chi connectivity index (χ2n) is 10.9. The van der Waals surface area contributed by atoms with Crippen molar-refractivity contribution in [2.45, 2.75) is 40.1 Å². The topological polar surface area (TPSA) is 40.1 Å². The van der Waals surface area contributed by atoms with Gasteiger partial charge in [-0.15, -0.1) is 0 Å². The lowest BCUT2D eigenvalue weighted by molar-refractivity contribution is -0.351. The summed E-state index contributed by atoms with van der Waals surface area (Å²) in [5, 5.41) is 11.3. The smallest absolute Gasteiger partial charge is 0.399 e. The summed E-state index contributed by atoms with van der Waals surface area (Å²) in [6.07, 6.45) is 0.508. The molecule has 7 rings (SSSR count). The number of allylic oxidation sites excluding steroid dienone is 2. The lowest BCUT2D eigenvalue weighted by atomic mass is 9.61. The molecule has 0 spiro atoms. The predicted molar refractivity (Wildman–Crippen MR) is 139 cm³/mol. The zero-order chi connectivity index (χ0) is 26.5. The molecule has 0 radical (unpaired) electrons. The van der Waals surface area contributed by atoms with Crippen molar-refractivity contribution in [1.82, 2.24) is 0 Å². The minimum atomic E-state index is -4.69. The van der Waals surface area contributed by atoms with Crippen LogP contribution in [-0.2, 0) is 15.7 Å². The average molecular weight is 535 g/mol. The van der Waals surface area contributed by atoms with Crippen LogP contribution in [0.15, 0.2) is 118 Å². The third-order valence-corrected chi connectivity index (χ3v) is 11.4. The van der Waals surface area contributed by atoms with Crippen LogP contribution in [0.1, 0.15) is 19.3 Å². The number of aliphatic carboxylic acids is 1. The molecular formula is C32H29F3O2S. The average Bonchev–Trinajstić information content (AvgIpc) is 3.71. The van der Waals surface area contributed by atoms with E-state index in [-0.39, 0.29) is 41.0 Å². The van der Waals surface area contributed by atoms with E-state index < -0.39 is 23.5 Å². The molecule has 0 amide bonds. The fraction of sp³-hybridized carbons (Fsp3) is 0.344. The molecule has 6 heteroatoms. The number of carboxylic acids is 1. The summed E-state index contributed by atoms with van der Waals surface area (Å²) in [6, 6.07) is 32.2. The summed E-state index contributed by atoms with van der Waals surface area (Å²) in [5.41, 5.74) is -2.59. The van der Waals surface area contributed by atoms with Crippen molar-refractivity contribution < 1.29 is 23.1 Å². The van der Waals surface area contributed by atoms with E-state index >= 15 is 0 Å². The molecule has 0 N–H and O–H groups in total. The van der Waals surface area contributed by atoms with Crippen molar-refractivity contribution in [3.05, 3.63) is 103 Å². The van der Waals surface area contributed by atoms with Gasteiger partial charge in [0, 0.05) is 0 Å². The van der Waals surface area contributed by atoms with Crippen molar-refractivity contribution in [3.8, 4) is 0 Å². The molecule has 38 heavy (non-hydrogen) atoms. The summed E-state index contributed by atoms with van der Waals surface area (Å²) in [6.45, 7) is 0. The van der Waals surface area contributed by atoms with Gasteiger partial charge in [-0.05, 0) is 91.2 Å². The van der Waals surface area contributed by atoms with Gasteiger partial charge in [0.2, 0.25) is 0 Å². The molecule has 0 heterocycles. The Balaban J connectivity index is 0.000000139. The van der Waals surface area contributed by atoms with Gasteiger partial charge in [-0.1, -0.05) is 66.7 Å². The Morgan fingerprint density at radius 3 is 1.61 bits per heavy atom. The van der Waals surface area contributed by atoms with Crippen LogP contribution < -0.4 is 5.11 Å². The number of benzene rings is 3. The van der Waals surface area contributed by atoms with E-state index in [1.54, 1.807) is 0 Å². The zero-order valence-corrected chi connectivity index (χ0v) is 21.6. The molecule has 2 nitrogen and oxygen atoms in total. The highest BCUT2D eigenvalue weighted by Gasteiger charge is 2.73. The van der Waals surface area contributed by atoms with Crippen molar-refractivity contribution in [2.24, 2.45) is 40.9 Å². The maximum Gasteiger partial charge on any atom is 0.399 e. The number of fused-ring (bicyclic) bond motifs is 9. The highest BCUT2D eigenvalue weighted by Crippen LogP contribution is 2.73. The van der Waals surface area contributed by atoms with Crippen LogP contribution in [0.4, 0.5) is 13.2 Å². The van der Waals surface area contributed by atoms with Gasteiger partial charge >= 0.3 is 6.18 Å². The normalized spacial score (nSPS) is 32.2. The molecule has 0 aliphatic heterocycles. The fourth-order valence-electron chi connectivity index (χ4n) is 7.84. The maximum atomic E-state index is 13.4. The molecular weight excluding hydrogens is 505 g/mol. The Labute approximate surface area is 223 Å². The van der Waals surface area contributed by atoms with Crippen LogP contribution in [0.5, 0.6) is 0 Å². The first-order valence-electron chi connectivity index (χ1n) is 13.2. The molecule has 7 atom stereocenters. The third-order valence-electron chi connectivity index (χ3n) is 9.17. The Morgan fingerprint density at radius 1 is 0.737 bits per heavy atom. The van der Waals surface area contributed by atoms with Crippen LogP contribution in [0.2, 0.25) is 0 Å². The van der Waals surface area contributed by atoms with E-state index in [0.717, 1.165) is 6.42 Å². The molecule has 3 saturated carbocycles. The monoisotopic (exact) mass is 534 g/mol. The van der Waals surface area contributed by atoms with Gasteiger partial charge < -0.3 is 9.90 Å². The van der Waals surface area contributed by atoms with Crippen molar-refractivity contribution in [2.75, 3.05) is 0 Å². The SMILES string of the molecule is O=C([O-])C1(C(F)(F)F)CC2CC1C1C3C=CC(C3)C21.c1ccc([S+](c2ccccc2)c2ccccc2)cc1. The van der Waals surface area contributed by atoms with Gasteiger partial charge in [0.25, 0.3) is 0 Å². The Morgan fingerprint density at radius 2 is 1.18 bits per heavy atom. The molecule has 3 fully saturated rings. The first kappa shape index (κ1) is 25.3. The number of hydrogen-bond acceptors (Lipinski definition) is 2. The maximum absolute atomic E-state index is 13.4. The second kappa shape index (κ2) is 9.64. The standard InChI is InChI=1S/C18H15S.C14H15F3O2/c1-4-10-16(11-5-1)19(17-12-6-2-7-13-17)18-14-8-3-9-15-18;15-14(16,17)13(12(18)19)5-8-4-9(13)11-7-2-1-6(3-7)10(8)11/h1-15H;1-2,6-11H,3-5H2,(H,18,19)/q+1;/p-1. The number of rotatable bonds is 4. The Hall–Kier alpha value is -2.99. The Bertz CT molecular complexity index is 1220. The lowest BCUT2D eigenvalue weighted by Crippen LogP contribution is -2.58. The molecule has 0 saturated heterocycles. The van der Waals surface area contributed by atoms with Gasteiger partial charge in [0.05, 0.1) is 16.9 Å². The second-order valence-corrected chi connectivity index (χ2v) is 12.9. The van der Waals surface area contributed by atoms with E-state index in [0.29, 0.717) is 12.3 Å². The van der Waals surface area contributed by atoms with Crippen molar-refractivity contribution >= 4 is 16.9 Å². The summed E-state index contributed by atoms with van der Waals surface area (Å²) in [5.74, 6) is -2.02. The molecule has 3 aromatic rings. The number of carbonyl (C=O) groups is 1. The molecule has 196 valence electrons. The van der Waals surface area contributed by atoms with Gasteiger partial charge in [-0.2, -0.15) is 13.2 Å². The molecule has 4 aliphatic carbocycles. The minimum Gasteiger partial charge on any atom is -0.549 e. The summed E-state index contributed by atoms with van der Waals surface area (Å²) in [4.78, 5) is 15.4. The number of carbonyl (C=O) groups excluding carboxylic acids is 1. The molecule has 7 unspecified atom stereocenters. The van der Waals surface area contributed by atoms with E-state index in [9.17, 15) is 23.1 Å². The highest BCUT2D eigenvalue weighted by molar-refractivity contribution is 7.97.